The highest BCUT2D eigenvalue weighted by molar-refractivity contribution is 5.21. The Bertz CT molecular complexity index is 208. The molecule has 0 saturated heterocycles. The fourth-order valence-electron chi connectivity index (χ4n) is 1.64. The smallest absolute Gasteiger partial charge is 0.147 e. The zero-order valence-corrected chi connectivity index (χ0v) is 8.51. The van der Waals surface area contributed by atoms with Crippen LogP contribution < -0.4 is 0 Å². The summed E-state index contributed by atoms with van der Waals surface area (Å²) in [4.78, 5) is 0. The van der Waals surface area contributed by atoms with E-state index in [2.05, 4.69) is 19.6 Å². The Kier molecular flexibility index (Phi) is 3.70. The van der Waals surface area contributed by atoms with E-state index in [0.29, 0.717) is 6.79 Å². The zero-order chi connectivity index (χ0) is 9.73. The Balaban J connectivity index is 2.51. The average molecular weight is 182 g/mol. The highest BCUT2D eigenvalue weighted by Crippen LogP contribution is 2.31. The second-order valence-electron chi connectivity index (χ2n) is 3.70. The molecule has 0 spiro atoms. The van der Waals surface area contributed by atoms with Crippen LogP contribution in [0, 0.1) is 0 Å². The Morgan fingerprint density at radius 2 is 2.46 bits per heavy atom. The number of ether oxygens (including phenoxy) is 2. The maximum atomic E-state index is 5.64. The predicted molar refractivity (Wildman–Crippen MR) is 53.5 cm³/mol. The van der Waals surface area contributed by atoms with Crippen molar-refractivity contribution >= 4 is 0 Å². The van der Waals surface area contributed by atoms with Crippen LogP contribution in [0.5, 0.6) is 0 Å². The second kappa shape index (κ2) is 4.58. The van der Waals surface area contributed by atoms with Gasteiger partial charge in [-0.2, -0.15) is 0 Å². The van der Waals surface area contributed by atoms with E-state index < -0.39 is 0 Å². The summed E-state index contributed by atoms with van der Waals surface area (Å²) in [5.41, 5.74) is 1.22. The SMILES string of the molecule is C=CC1=CCCC(C)(OCOC)C1. The minimum atomic E-state index is -0.0612. The maximum absolute atomic E-state index is 5.64. The van der Waals surface area contributed by atoms with Gasteiger partial charge in [0, 0.05) is 13.5 Å². The summed E-state index contributed by atoms with van der Waals surface area (Å²) in [6.45, 7) is 6.28. The molecule has 0 aromatic rings. The van der Waals surface area contributed by atoms with Gasteiger partial charge in [-0.3, -0.25) is 0 Å². The topological polar surface area (TPSA) is 18.5 Å². The Labute approximate surface area is 80.2 Å². The fraction of sp³-hybridized carbons (Fsp3) is 0.636. The minimum absolute atomic E-state index is 0.0612. The van der Waals surface area contributed by atoms with Gasteiger partial charge in [0.25, 0.3) is 0 Å². The van der Waals surface area contributed by atoms with E-state index in [0.717, 1.165) is 19.3 Å². The number of methoxy groups -OCH3 is 1. The lowest BCUT2D eigenvalue weighted by atomic mass is 9.86. The van der Waals surface area contributed by atoms with E-state index in [-0.39, 0.29) is 5.60 Å². The molecule has 1 atom stereocenters. The van der Waals surface area contributed by atoms with Crippen molar-refractivity contribution in [3.05, 3.63) is 24.3 Å². The quantitative estimate of drug-likeness (QED) is 0.622. The molecule has 0 radical (unpaired) electrons. The van der Waals surface area contributed by atoms with Crippen molar-refractivity contribution in [1.82, 2.24) is 0 Å². The summed E-state index contributed by atoms with van der Waals surface area (Å²) in [6.07, 6.45) is 7.22. The third-order valence-corrected chi connectivity index (χ3v) is 2.45. The first-order chi connectivity index (χ1) is 6.20. The second-order valence-corrected chi connectivity index (χ2v) is 3.70. The first kappa shape index (κ1) is 10.5. The molecule has 13 heavy (non-hydrogen) atoms. The summed E-state index contributed by atoms with van der Waals surface area (Å²) >= 11 is 0. The van der Waals surface area contributed by atoms with Gasteiger partial charge in [0.1, 0.15) is 6.79 Å². The lowest BCUT2D eigenvalue weighted by Gasteiger charge is -2.32. The highest BCUT2D eigenvalue weighted by Gasteiger charge is 2.27. The monoisotopic (exact) mass is 182 g/mol. The third-order valence-electron chi connectivity index (χ3n) is 2.45. The van der Waals surface area contributed by atoms with Crippen LogP contribution in [0.2, 0.25) is 0 Å². The summed E-state index contributed by atoms with van der Waals surface area (Å²) in [5.74, 6) is 0. The highest BCUT2D eigenvalue weighted by atomic mass is 16.7. The maximum Gasteiger partial charge on any atom is 0.147 e. The van der Waals surface area contributed by atoms with Crippen molar-refractivity contribution in [2.75, 3.05) is 13.9 Å². The van der Waals surface area contributed by atoms with E-state index in [1.807, 2.05) is 6.08 Å². The van der Waals surface area contributed by atoms with Crippen molar-refractivity contribution in [2.24, 2.45) is 0 Å². The van der Waals surface area contributed by atoms with Gasteiger partial charge >= 0.3 is 0 Å². The van der Waals surface area contributed by atoms with Gasteiger partial charge in [-0.1, -0.05) is 18.7 Å². The van der Waals surface area contributed by atoms with Crippen LogP contribution in [0.1, 0.15) is 26.2 Å². The van der Waals surface area contributed by atoms with Gasteiger partial charge in [-0.15, -0.1) is 0 Å². The van der Waals surface area contributed by atoms with E-state index >= 15 is 0 Å². The summed E-state index contributed by atoms with van der Waals surface area (Å²) in [7, 11) is 1.65. The van der Waals surface area contributed by atoms with Crippen LogP contribution in [0.15, 0.2) is 24.3 Å². The Morgan fingerprint density at radius 3 is 3.08 bits per heavy atom. The van der Waals surface area contributed by atoms with Crippen molar-refractivity contribution in [3.63, 3.8) is 0 Å². The van der Waals surface area contributed by atoms with Gasteiger partial charge in [-0.05, 0) is 25.3 Å². The number of hydrogen-bond acceptors (Lipinski definition) is 2. The van der Waals surface area contributed by atoms with Crippen molar-refractivity contribution in [2.45, 2.75) is 31.8 Å². The molecule has 74 valence electrons. The van der Waals surface area contributed by atoms with Gasteiger partial charge in [-0.25, -0.2) is 0 Å². The molecule has 0 aromatic heterocycles. The number of hydrogen-bond donors (Lipinski definition) is 0. The molecule has 1 unspecified atom stereocenters. The van der Waals surface area contributed by atoms with E-state index in [4.69, 9.17) is 9.47 Å². The molecule has 0 bridgehead atoms. The van der Waals surface area contributed by atoms with Crippen LogP contribution in [-0.4, -0.2) is 19.5 Å². The zero-order valence-electron chi connectivity index (χ0n) is 8.51. The number of rotatable bonds is 4. The van der Waals surface area contributed by atoms with Crippen LogP contribution in [0.3, 0.4) is 0 Å². The summed E-state index contributed by atoms with van der Waals surface area (Å²) in [6, 6.07) is 0. The standard InChI is InChI=1S/C11H18O2/c1-4-10-6-5-7-11(2,8-10)13-9-12-3/h4,6H,1,5,7-9H2,2-3H3. The van der Waals surface area contributed by atoms with E-state index in [1.165, 1.54) is 5.57 Å². The fourth-order valence-corrected chi connectivity index (χ4v) is 1.64. The van der Waals surface area contributed by atoms with Crippen LogP contribution in [0.4, 0.5) is 0 Å². The van der Waals surface area contributed by atoms with Gasteiger partial charge in [0.05, 0.1) is 5.60 Å². The molecule has 0 aliphatic heterocycles. The van der Waals surface area contributed by atoms with Gasteiger partial charge in [0.2, 0.25) is 0 Å². The molecule has 0 amide bonds. The predicted octanol–water partition coefficient (Wildman–Crippen LogP) is 2.66. The van der Waals surface area contributed by atoms with Crippen molar-refractivity contribution in [1.29, 1.82) is 0 Å². The Hall–Kier alpha value is -0.600. The van der Waals surface area contributed by atoms with Crippen LogP contribution in [0.25, 0.3) is 0 Å². The van der Waals surface area contributed by atoms with E-state index in [9.17, 15) is 0 Å². The molecule has 1 rings (SSSR count). The van der Waals surface area contributed by atoms with Crippen molar-refractivity contribution in [3.8, 4) is 0 Å². The lowest BCUT2D eigenvalue weighted by Crippen LogP contribution is -2.31. The normalized spacial score (nSPS) is 28.3. The van der Waals surface area contributed by atoms with Gasteiger partial charge < -0.3 is 9.47 Å². The van der Waals surface area contributed by atoms with Crippen LogP contribution in [-0.2, 0) is 9.47 Å². The third kappa shape index (κ3) is 2.98. The average Bonchev–Trinajstić information content (AvgIpc) is 2.15. The minimum Gasteiger partial charge on any atom is -0.359 e. The van der Waals surface area contributed by atoms with Crippen LogP contribution >= 0.6 is 0 Å². The number of allylic oxidation sites excluding steroid dienone is 2. The summed E-state index contributed by atoms with van der Waals surface area (Å²) < 4.78 is 10.6. The molecule has 0 heterocycles. The Morgan fingerprint density at radius 1 is 1.69 bits per heavy atom. The molecule has 1 aliphatic rings. The molecule has 2 heteroatoms. The molecule has 2 nitrogen and oxygen atoms in total. The molecule has 0 aromatic carbocycles. The molecule has 0 fully saturated rings. The first-order valence-electron chi connectivity index (χ1n) is 4.64. The summed E-state index contributed by atoms with van der Waals surface area (Å²) in [5, 5.41) is 0. The largest absolute Gasteiger partial charge is 0.359 e. The molecular formula is C11H18O2. The molecular weight excluding hydrogens is 164 g/mol. The molecule has 0 saturated carbocycles. The van der Waals surface area contributed by atoms with E-state index in [1.54, 1.807) is 7.11 Å². The van der Waals surface area contributed by atoms with Gasteiger partial charge in [0.15, 0.2) is 0 Å². The molecule has 0 N–H and O–H groups in total. The molecule has 1 aliphatic carbocycles. The lowest BCUT2D eigenvalue weighted by molar-refractivity contribution is -0.126. The van der Waals surface area contributed by atoms with Crippen molar-refractivity contribution < 1.29 is 9.47 Å². The first-order valence-corrected chi connectivity index (χ1v) is 4.64.